The molecule has 4 nitrogen and oxygen atoms in total. The van der Waals surface area contributed by atoms with Crippen LogP contribution < -0.4 is 5.32 Å². The van der Waals surface area contributed by atoms with E-state index in [1.54, 1.807) is 30.6 Å². The lowest BCUT2D eigenvalue weighted by Gasteiger charge is -2.18. The van der Waals surface area contributed by atoms with Gasteiger partial charge in [-0.15, -0.1) is 0 Å². The number of hydrogen-bond donors (Lipinski definition) is 2. The Balaban J connectivity index is 1.66. The lowest BCUT2D eigenvalue weighted by atomic mass is 10.0. The van der Waals surface area contributed by atoms with Crippen LogP contribution >= 0.6 is 0 Å². The van der Waals surface area contributed by atoms with Crippen LogP contribution in [-0.4, -0.2) is 21.8 Å². The number of imidazole rings is 1. The van der Waals surface area contributed by atoms with Crippen molar-refractivity contribution >= 4 is 11.6 Å². The smallest absolute Gasteiger partial charge is 0.251 e. The maximum atomic E-state index is 13.6. The molecule has 6 heteroatoms. The van der Waals surface area contributed by atoms with Gasteiger partial charge in [0, 0.05) is 42.4 Å². The molecular weight excluding hydrogens is 288 g/mol. The summed E-state index contributed by atoms with van der Waals surface area (Å²) in [7, 11) is 0. The zero-order chi connectivity index (χ0) is 15.6. The highest BCUT2D eigenvalue weighted by Crippen LogP contribution is 2.42. The van der Waals surface area contributed by atoms with E-state index < -0.39 is 11.8 Å². The van der Waals surface area contributed by atoms with Gasteiger partial charge in [-0.2, -0.15) is 0 Å². The van der Waals surface area contributed by atoms with E-state index in [2.05, 4.69) is 15.3 Å². The third-order valence-electron chi connectivity index (χ3n) is 4.01. The second kappa shape index (κ2) is 5.87. The van der Waals surface area contributed by atoms with Gasteiger partial charge in [0.2, 0.25) is 5.91 Å². The number of halogens is 2. The normalized spacial score (nSPS) is 20.0. The van der Waals surface area contributed by atoms with E-state index in [4.69, 9.17) is 0 Å². The van der Waals surface area contributed by atoms with E-state index in [1.165, 1.54) is 0 Å². The first-order valence-electron chi connectivity index (χ1n) is 7.32. The summed E-state index contributed by atoms with van der Waals surface area (Å²) in [4.78, 5) is 19.1. The first kappa shape index (κ1) is 14.7. The summed E-state index contributed by atoms with van der Waals surface area (Å²) < 4.78 is 27.1. The van der Waals surface area contributed by atoms with Crippen molar-refractivity contribution in [2.45, 2.75) is 31.6 Å². The molecule has 2 N–H and O–H groups in total. The molecule has 1 saturated carbocycles. The highest BCUT2D eigenvalue weighted by Gasteiger charge is 2.44. The number of hydrogen-bond acceptors (Lipinski definition) is 2. The van der Waals surface area contributed by atoms with Gasteiger partial charge in [0.05, 0.1) is 0 Å². The Labute approximate surface area is 127 Å². The van der Waals surface area contributed by atoms with Gasteiger partial charge in [0.15, 0.2) is 0 Å². The molecule has 1 aliphatic rings. The SMILES string of the molecule is O=C(CC1CCCC1(F)F)Nc1cccc(-c2ncc[nH]2)c1. The van der Waals surface area contributed by atoms with Gasteiger partial charge >= 0.3 is 0 Å². The maximum absolute atomic E-state index is 13.6. The molecule has 3 rings (SSSR count). The molecule has 1 aromatic carbocycles. The monoisotopic (exact) mass is 305 g/mol. The van der Waals surface area contributed by atoms with Crippen molar-refractivity contribution < 1.29 is 13.6 Å². The van der Waals surface area contributed by atoms with Crippen LogP contribution in [0.3, 0.4) is 0 Å². The summed E-state index contributed by atoms with van der Waals surface area (Å²) in [5.74, 6) is -3.24. The van der Waals surface area contributed by atoms with Crippen molar-refractivity contribution in [1.29, 1.82) is 0 Å². The van der Waals surface area contributed by atoms with Crippen molar-refractivity contribution in [3.63, 3.8) is 0 Å². The van der Waals surface area contributed by atoms with Crippen LogP contribution in [0.4, 0.5) is 14.5 Å². The topological polar surface area (TPSA) is 57.8 Å². The highest BCUT2D eigenvalue weighted by molar-refractivity contribution is 5.91. The largest absolute Gasteiger partial charge is 0.345 e. The number of amides is 1. The molecule has 2 aromatic rings. The summed E-state index contributed by atoms with van der Waals surface area (Å²) >= 11 is 0. The van der Waals surface area contributed by atoms with E-state index in [0.29, 0.717) is 24.4 Å². The molecule has 116 valence electrons. The number of anilines is 1. The average molecular weight is 305 g/mol. The lowest BCUT2D eigenvalue weighted by molar-refractivity contribution is -0.120. The minimum atomic E-state index is -2.71. The van der Waals surface area contributed by atoms with Crippen LogP contribution in [0.25, 0.3) is 11.4 Å². The number of aromatic amines is 1. The number of H-pyrrole nitrogens is 1. The van der Waals surface area contributed by atoms with Gasteiger partial charge in [-0.25, -0.2) is 13.8 Å². The molecule has 1 atom stereocenters. The quantitative estimate of drug-likeness (QED) is 0.901. The van der Waals surface area contributed by atoms with Crippen LogP contribution in [0.15, 0.2) is 36.7 Å². The van der Waals surface area contributed by atoms with Crippen LogP contribution in [0.5, 0.6) is 0 Å². The molecule has 1 unspecified atom stereocenters. The number of alkyl halides is 2. The molecule has 0 saturated heterocycles. The molecule has 1 aromatic heterocycles. The minimum absolute atomic E-state index is 0.112. The Bertz CT molecular complexity index is 655. The molecule has 1 heterocycles. The van der Waals surface area contributed by atoms with Gasteiger partial charge in [-0.05, 0) is 25.0 Å². The summed E-state index contributed by atoms with van der Waals surface area (Å²) in [5, 5.41) is 2.69. The second-order valence-corrected chi connectivity index (χ2v) is 5.62. The Morgan fingerprint density at radius 2 is 2.32 bits per heavy atom. The van der Waals surface area contributed by atoms with Crippen molar-refractivity contribution in [3.05, 3.63) is 36.7 Å². The Hall–Kier alpha value is -2.24. The van der Waals surface area contributed by atoms with Crippen molar-refractivity contribution in [3.8, 4) is 11.4 Å². The molecule has 22 heavy (non-hydrogen) atoms. The van der Waals surface area contributed by atoms with Crippen LogP contribution in [0.1, 0.15) is 25.7 Å². The number of nitrogens with one attached hydrogen (secondary N) is 2. The van der Waals surface area contributed by atoms with Crippen molar-refractivity contribution in [2.24, 2.45) is 5.92 Å². The maximum Gasteiger partial charge on any atom is 0.251 e. The van der Waals surface area contributed by atoms with Gasteiger partial charge in [-0.3, -0.25) is 4.79 Å². The number of carbonyl (C=O) groups is 1. The first-order chi connectivity index (χ1) is 10.5. The number of benzene rings is 1. The van der Waals surface area contributed by atoms with E-state index >= 15 is 0 Å². The van der Waals surface area contributed by atoms with Crippen molar-refractivity contribution in [2.75, 3.05) is 5.32 Å². The molecule has 1 aliphatic carbocycles. The third kappa shape index (κ3) is 3.16. The first-order valence-corrected chi connectivity index (χ1v) is 7.32. The molecule has 0 radical (unpaired) electrons. The predicted molar refractivity (Wildman–Crippen MR) is 79.6 cm³/mol. The van der Waals surface area contributed by atoms with Gasteiger partial charge < -0.3 is 10.3 Å². The second-order valence-electron chi connectivity index (χ2n) is 5.62. The fraction of sp³-hybridized carbons (Fsp3) is 0.375. The summed E-state index contributed by atoms with van der Waals surface area (Å²) in [6.45, 7) is 0. The molecule has 0 aliphatic heterocycles. The zero-order valence-electron chi connectivity index (χ0n) is 12.0. The molecule has 1 amide bonds. The van der Waals surface area contributed by atoms with Gasteiger partial charge in [0.1, 0.15) is 5.82 Å². The van der Waals surface area contributed by atoms with E-state index in [1.807, 2.05) is 6.07 Å². The number of aromatic nitrogens is 2. The Morgan fingerprint density at radius 1 is 1.45 bits per heavy atom. The Kier molecular flexibility index (Phi) is 3.92. The zero-order valence-corrected chi connectivity index (χ0v) is 12.0. The van der Waals surface area contributed by atoms with E-state index in [-0.39, 0.29) is 18.7 Å². The highest BCUT2D eigenvalue weighted by atomic mass is 19.3. The number of nitrogens with zero attached hydrogens (tertiary/aromatic N) is 1. The molecule has 0 bridgehead atoms. The fourth-order valence-electron chi connectivity index (χ4n) is 2.85. The number of rotatable bonds is 4. The minimum Gasteiger partial charge on any atom is -0.345 e. The average Bonchev–Trinajstić information content (AvgIpc) is 3.10. The summed E-state index contributed by atoms with van der Waals surface area (Å²) in [6.07, 6.45) is 3.99. The Morgan fingerprint density at radius 3 is 3.00 bits per heavy atom. The van der Waals surface area contributed by atoms with Crippen molar-refractivity contribution in [1.82, 2.24) is 9.97 Å². The van der Waals surface area contributed by atoms with Gasteiger partial charge in [0.25, 0.3) is 5.92 Å². The van der Waals surface area contributed by atoms with Crippen LogP contribution in [0.2, 0.25) is 0 Å². The summed E-state index contributed by atoms with van der Waals surface area (Å²) in [6, 6.07) is 7.15. The van der Waals surface area contributed by atoms with Crippen LogP contribution in [-0.2, 0) is 4.79 Å². The molecule has 0 spiro atoms. The third-order valence-corrected chi connectivity index (χ3v) is 4.01. The van der Waals surface area contributed by atoms with Crippen LogP contribution in [0, 0.1) is 5.92 Å². The van der Waals surface area contributed by atoms with E-state index in [9.17, 15) is 13.6 Å². The molecule has 1 fully saturated rings. The summed E-state index contributed by atoms with van der Waals surface area (Å²) in [5.41, 5.74) is 1.41. The fourth-order valence-corrected chi connectivity index (χ4v) is 2.85. The molecular formula is C16H17F2N3O. The van der Waals surface area contributed by atoms with E-state index in [0.717, 1.165) is 5.56 Å². The predicted octanol–water partition coefficient (Wildman–Crippen LogP) is 3.84. The standard InChI is InChI=1S/C16H17F2N3O/c17-16(18)6-2-4-12(16)10-14(22)21-13-5-1-3-11(9-13)15-19-7-8-20-15/h1,3,5,7-9,12H,2,4,6,10H2,(H,19,20)(H,21,22). The number of carbonyl (C=O) groups excluding carboxylic acids is 1. The van der Waals surface area contributed by atoms with Gasteiger partial charge in [-0.1, -0.05) is 12.1 Å². The lowest BCUT2D eigenvalue weighted by Crippen LogP contribution is -2.26.